The van der Waals surface area contributed by atoms with Gasteiger partial charge >= 0.3 is 0 Å². The number of nitrogens with one attached hydrogen (secondary N) is 1. The molecule has 1 unspecified atom stereocenters. The van der Waals surface area contributed by atoms with E-state index in [1.54, 1.807) is 14.2 Å². The molecule has 0 aliphatic carbocycles. The molecule has 0 saturated carbocycles. The van der Waals surface area contributed by atoms with Crippen molar-refractivity contribution in [3.8, 4) is 11.5 Å². The van der Waals surface area contributed by atoms with Crippen LogP contribution in [0.4, 0.5) is 0 Å². The maximum Gasteiger partial charge on any atom is 0.127 e. The lowest BCUT2D eigenvalue weighted by Crippen LogP contribution is -2.35. The lowest BCUT2D eigenvalue weighted by Gasteiger charge is -2.34. The van der Waals surface area contributed by atoms with Gasteiger partial charge in [-0.25, -0.2) is 0 Å². The van der Waals surface area contributed by atoms with Gasteiger partial charge in [0.15, 0.2) is 0 Å². The fourth-order valence-corrected chi connectivity index (χ4v) is 2.79. The zero-order valence-corrected chi connectivity index (χ0v) is 12.5. The maximum absolute atomic E-state index is 5.67. The highest BCUT2D eigenvalue weighted by molar-refractivity contribution is 5.55. The van der Waals surface area contributed by atoms with E-state index in [-0.39, 0.29) is 0 Å². The standard InChI is InChI=1S/C15H24N2O2/c1-10-6-12-13(9-17(10)3)14(18-4)7-11(8-16-2)15(12)19-5/h7,10,16H,6,8-9H2,1-5H3. The van der Waals surface area contributed by atoms with Crippen LogP contribution < -0.4 is 14.8 Å². The minimum absolute atomic E-state index is 0.524. The van der Waals surface area contributed by atoms with E-state index in [0.717, 1.165) is 36.6 Å². The molecule has 1 atom stereocenters. The summed E-state index contributed by atoms with van der Waals surface area (Å²) in [7, 11) is 7.59. The predicted molar refractivity (Wildman–Crippen MR) is 76.9 cm³/mol. The van der Waals surface area contributed by atoms with Crippen LogP contribution in [0.25, 0.3) is 0 Å². The lowest BCUT2D eigenvalue weighted by atomic mass is 9.91. The fourth-order valence-electron chi connectivity index (χ4n) is 2.79. The Morgan fingerprint density at radius 2 is 2.05 bits per heavy atom. The van der Waals surface area contributed by atoms with E-state index < -0.39 is 0 Å². The van der Waals surface area contributed by atoms with Crippen LogP contribution in [-0.4, -0.2) is 39.3 Å². The van der Waals surface area contributed by atoms with E-state index in [1.807, 2.05) is 7.05 Å². The molecular weight excluding hydrogens is 240 g/mol. The smallest absolute Gasteiger partial charge is 0.127 e. The molecule has 1 aromatic carbocycles. The Kier molecular flexibility index (Phi) is 4.32. The van der Waals surface area contributed by atoms with Gasteiger partial charge in [0.25, 0.3) is 0 Å². The number of fused-ring (bicyclic) bond motifs is 1. The first-order valence-electron chi connectivity index (χ1n) is 6.72. The van der Waals surface area contributed by atoms with Crippen LogP contribution in [0.5, 0.6) is 11.5 Å². The number of hydrogen-bond acceptors (Lipinski definition) is 4. The van der Waals surface area contributed by atoms with Gasteiger partial charge in [-0.05, 0) is 33.5 Å². The van der Waals surface area contributed by atoms with Gasteiger partial charge in [-0.1, -0.05) is 0 Å². The van der Waals surface area contributed by atoms with Gasteiger partial charge in [0.05, 0.1) is 14.2 Å². The highest BCUT2D eigenvalue weighted by atomic mass is 16.5. The highest BCUT2D eigenvalue weighted by Gasteiger charge is 2.27. The summed E-state index contributed by atoms with van der Waals surface area (Å²) >= 11 is 0. The predicted octanol–water partition coefficient (Wildman–Crippen LogP) is 1.80. The summed E-state index contributed by atoms with van der Waals surface area (Å²) in [5.74, 6) is 1.99. The van der Waals surface area contributed by atoms with E-state index in [4.69, 9.17) is 9.47 Å². The minimum Gasteiger partial charge on any atom is -0.496 e. The number of ether oxygens (including phenoxy) is 2. The largest absolute Gasteiger partial charge is 0.496 e. The number of benzene rings is 1. The van der Waals surface area contributed by atoms with E-state index in [9.17, 15) is 0 Å². The van der Waals surface area contributed by atoms with Crippen molar-refractivity contribution in [1.82, 2.24) is 10.2 Å². The highest BCUT2D eigenvalue weighted by Crippen LogP contribution is 2.39. The third-order valence-electron chi connectivity index (χ3n) is 3.98. The number of hydrogen-bond donors (Lipinski definition) is 1. The van der Waals surface area contributed by atoms with Crippen molar-refractivity contribution in [2.75, 3.05) is 28.3 Å². The average molecular weight is 264 g/mol. The summed E-state index contributed by atoms with van der Waals surface area (Å²) in [6.45, 7) is 3.95. The van der Waals surface area contributed by atoms with E-state index >= 15 is 0 Å². The summed E-state index contributed by atoms with van der Waals surface area (Å²) in [5.41, 5.74) is 3.73. The van der Waals surface area contributed by atoms with Crippen molar-refractivity contribution < 1.29 is 9.47 Å². The van der Waals surface area contributed by atoms with Crippen LogP contribution in [0.2, 0.25) is 0 Å². The number of rotatable bonds is 4. The Morgan fingerprint density at radius 1 is 1.32 bits per heavy atom. The maximum atomic E-state index is 5.67. The van der Waals surface area contributed by atoms with Gasteiger partial charge in [-0.3, -0.25) is 4.90 Å². The number of nitrogens with zero attached hydrogens (tertiary/aromatic N) is 1. The molecule has 0 fully saturated rings. The third kappa shape index (κ3) is 2.55. The molecule has 0 spiro atoms. The van der Waals surface area contributed by atoms with Crippen molar-refractivity contribution >= 4 is 0 Å². The molecule has 1 aliphatic heterocycles. The van der Waals surface area contributed by atoms with Gasteiger partial charge in [0.1, 0.15) is 11.5 Å². The van der Waals surface area contributed by atoms with Crippen molar-refractivity contribution in [1.29, 1.82) is 0 Å². The molecule has 1 N–H and O–H groups in total. The van der Waals surface area contributed by atoms with E-state index in [2.05, 4.69) is 30.3 Å². The van der Waals surface area contributed by atoms with Crippen LogP contribution in [0.3, 0.4) is 0 Å². The average Bonchev–Trinajstić information content (AvgIpc) is 2.40. The number of methoxy groups -OCH3 is 2. The molecule has 2 rings (SSSR count). The Bertz CT molecular complexity index is 460. The minimum atomic E-state index is 0.524. The second-order valence-electron chi connectivity index (χ2n) is 5.23. The number of likely N-dealkylation sites (N-methyl/N-ethyl adjacent to an activating group) is 1. The molecule has 4 nitrogen and oxygen atoms in total. The molecule has 1 aliphatic rings. The summed E-state index contributed by atoms with van der Waals surface area (Å²) < 4.78 is 11.2. The first-order valence-corrected chi connectivity index (χ1v) is 6.72. The molecule has 19 heavy (non-hydrogen) atoms. The Labute approximate surface area is 115 Å². The summed E-state index contributed by atoms with van der Waals surface area (Å²) in [5, 5.41) is 3.19. The quantitative estimate of drug-likeness (QED) is 0.899. The van der Waals surface area contributed by atoms with Crippen LogP contribution in [-0.2, 0) is 19.5 Å². The molecule has 0 aromatic heterocycles. The molecule has 1 heterocycles. The van der Waals surface area contributed by atoms with Crippen LogP contribution in [0.1, 0.15) is 23.6 Å². The summed E-state index contributed by atoms with van der Waals surface area (Å²) in [6, 6.07) is 2.62. The van der Waals surface area contributed by atoms with E-state index in [1.165, 1.54) is 11.1 Å². The van der Waals surface area contributed by atoms with E-state index in [0.29, 0.717) is 6.04 Å². The van der Waals surface area contributed by atoms with Crippen molar-refractivity contribution in [3.05, 3.63) is 22.8 Å². The van der Waals surface area contributed by atoms with Crippen molar-refractivity contribution in [2.45, 2.75) is 32.5 Å². The second-order valence-corrected chi connectivity index (χ2v) is 5.23. The molecule has 0 bridgehead atoms. The first-order chi connectivity index (χ1) is 9.12. The van der Waals surface area contributed by atoms with Gasteiger partial charge in [-0.15, -0.1) is 0 Å². The SMILES string of the molecule is CNCc1cc(OC)c2c(c1OC)CC(C)N(C)C2. The van der Waals surface area contributed by atoms with Crippen molar-refractivity contribution in [2.24, 2.45) is 0 Å². The molecule has 106 valence electrons. The van der Waals surface area contributed by atoms with Crippen LogP contribution >= 0.6 is 0 Å². The zero-order chi connectivity index (χ0) is 14.0. The van der Waals surface area contributed by atoms with Gasteiger partial charge in [0, 0.05) is 35.8 Å². The third-order valence-corrected chi connectivity index (χ3v) is 3.98. The Balaban J connectivity index is 2.56. The fraction of sp³-hybridized carbons (Fsp3) is 0.600. The van der Waals surface area contributed by atoms with Crippen LogP contribution in [0.15, 0.2) is 6.07 Å². The van der Waals surface area contributed by atoms with Gasteiger partial charge in [-0.2, -0.15) is 0 Å². The molecule has 0 amide bonds. The van der Waals surface area contributed by atoms with Crippen LogP contribution in [0, 0.1) is 0 Å². The second kappa shape index (κ2) is 5.80. The normalized spacial score (nSPS) is 19.1. The van der Waals surface area contributed by atoms with Gasteiger partial charge < -0.3 is 14.8 Å². The molecule has 0 saturated heterocycles. The summed E-state index contributed by atoms with van der Waals surface area (Å²) in [6.07, 6.45) is 1.00. The topological polar surface area (TPSA) is 33.7 Å². The van der Waals surface area contributed by atoms with Crippen molar-refractivity contribution in [3.63, 3.8) is 0 Å². The molecule has 4 heteroatoms. The monoisotopic (exact) mass is 264 g/mol. The lowest BCUT2D eigenvalue weighted by molar-refractivity contribution is 0.223. The Hall–Kier alpha value is -1.26. The summed E-state index contributed by atoms with van der Waals surface area (Å²) in [4.78, 5) is 2.35. The zero-order valence-electron chi connectivity index (χ0n) is 12.5. The first kappa shape index (κ1) is 14.2. The molecule has 0 radical (unpaired) electrons. The Morgan fingerprint density at radius 3 is 2.63 bits per heavy atom. The molecular formula is C15H24N2O2. The molecule has 1 aromatic rings. The van der Waals surface area contributed by atoms with Gasteiger partial charge in [0.2, 0.25) is 0 Å².